The minimum atomic E-state index is -1.04. The van der Waals surface area contributed by atoms with Crippen molar-refractivity contribution in [1.29, 1.82) is 0 Å². The number of carboxylic acid groups (broad SMARTS) is 1. The summed E-state index contributed by atoms with van der Waals surface area (Å²) in [6, 6.07) is 2.88. The summed E-state index contributed by atoms with van der Waals surface area (Å²) in [7, 11) is 0. The molecule has 114 valence electrons. The fourth-order valence-corrected chi connectivity index (χ4v) is 2.34. The summed E-state index contributed by atoms with van der Waals surface area (Å²) < 4.78 is 0. The van der Waals surface area contributed by atoms with E-state index in [1.165, 1.54) is 11.0 Å². The summed E-state index contributed by atoms with van der Waals surface area (Å²) in [5.41, 5.74) is 0.636. The van der Waals surface area contributed by atoms with E-state index < -0.39 is 5.97 Å². The number of carbonyl (C=O) groups is 2. The molecule has 0 unspecified atom stereocenters. The van der Waals surface area contributed by atoms with Gasteiger partial charge in [0.1, 0.15) is 6.54 Å². The van der Waals surface area contributed by atoms with E-state index in [2.05, 4.69) is 4.98 Å². The summed E-state index contributed by atoms with van der Waals surface area (Å²) in [5, 5.41) is 8.92. The Hall–Kier alpha value is -2.11. The molecular formula is C15H20N2O4. The molecule has 1 aliphatic carbocycles. The highest BCUT2D eigenvalue weighted by Gasteiger charge is 2.34. The predicted molar refractivity (Wildman–Crippen MR) is 77.3 cm³/mol. The lowest BCUT2D eigenvalue weighted by Crippen LogP contribution is -2.38. The van der Waals surface area contributed by atoms with Gasteiger partial charge in [-0.15, -0.1) is 0 Å². The molecule has 0 saturated heterocycles. The van der Waals surface area contributed by atoms with Crippen LogP contribution in [-0.2, 0) is 11.2 Å². The number of amides is 1. The van der Waals surface area contributed by atoms with Crippen molar-refractivity contribution in [2.75, 3.05) is 6.54 Å². The van der Waals surface area contributed by atoms with Gasteiger partial charge in [-0.1, -0.05) is 13.8 Å². The lowest BCUT2D eigenvalue weighted by atomic mass is 10.1. The topological polar surface area (TPSA) is 90.5 Å². The molecule has 0 radical (unpaired) electrons. The van der Waals surface area contributed by atoms with Crippen molar-refractivity contribution in [3.8, 4) is 0 Å². The van der Waals surface area contributed by atoms with Crippen LogP contribution in [0.15, 0.2) is 16.9 Å². The van der Waals surface area contributed by atoms with Gasteiger partial charge < -0.3 is 15.0 Å². The van der Waals surface area contributed by atoms with E-state index in [9.17, 15) is 14.4 Å². The van der Waals surface area contributed by atoms with Crippen molar-refractivity contribution in [2.45, 2.75) is 39.2 Å². The number of nitrogens with one attached hydrogen (secondary N) is 1. The molecule has 2 N–H and O–H groups in total. The SMILES string of the molecule is CC(C)Cc1cc(C(=O)N(CC(=O)O)C2CC2)cc(=O)[nH]1. The number of hydrogen-bond donors (Lipinski definition) is 2. The molecule has 0 bridgehead atoms. The maximum atomic E-state index is 12.5. The molecule has 1 aromatic rings. The molecule has 2 rings (SSSR count). The zero-order valence-corrected chi connectivity index (χ0v) is 12.3. The van der Waals surface area contributed by atoms with Gasteiger partial charge in [-0.05, 0) is 31.2 Å². The van der Waals surface area contributed by atoms with Crippen molar-refractivity contribution >= 4 is 11.9 Å². The molecule has 1 heterocycles. The van der Waals surface area contributed by atoms with E-state index in [0.717, 1.165) is 12.8 Å². The van der Waals surface area contributed by atoms with Crippen LogP contribution < -0.4 is 5.56 Å². The van der Waals surface area contributed by atoms with E-state index in [1.54, 1.807) is 6.07 Å². The van der Waals surface area contributed by atoms with Gasteiger partial charge in [0.05, 0.1) is 0 Å². The number of carboxylic acids is 1. The normalized spacial score (nSPS) is 14.2. The molecule has 0 atom stereocenters. The molecule has 6 heteroatoms. The van der Waals surface area contributed by atoms with Crippen molar-refractivity contribution in [3.05, 3.63) is 33.7 Å². The number of H-pyrrole nitrogens is 1. The monoisotopic (exact) mass is 292 g/mol. The number of pyridine rings is 1. The Balaban J connectivity index is 2.26. The minimum absolute atomic E-state index is 0.0126. The van der Waals surface area contributed by atoms with Crippen molar-refractivity contribution in [1.82, 2.24) is 9.88 Å². The highest BCUT2D eigenvalue weighted by Crippen LogP contribution is 2.28. The van der Waals surface area contributed by atoms with Crippen LogP contribution in [0, 0.1) is 5.92 Å². The number of hydrogen-bond acceptors (Lipinski definition) is 3. The van der Waals surface area contributed by atoms with Crippen LogP contribution in [0.3, 0.4) is 0 Å². The first kappa shape index (κ1) is 15.3. The number of aliphatic carboxylic acids is 1. The van der Waals surface area contributed by atoms with Gasteiger partial charge in [0, 0.05) is 23.4 Å². The maximum Gasteiger partial charge on any atom is 0.323 e. The average molecular weight is 292 g/mol. The van der Waals surface area contributed by atoms with Gasteiger partial charge in [-0.2, -0.15) is 0 Å². The standard InChI is InChI=1S/C15H20N2O4/c1-9(2)5-11-6-10(7-13(18)16-11)15(21)17(8-14(19)20)12-3-4-12/h6-7,9,12H,3-5,8H2,1-2H3,(H,16,18)(H,19,20). The molecule has 21 heavy (non-hydrogen) atoms. The molecule has 1 fully saturated rings. The van der Waals surface area contributed by atoms with Gasteiger partial charge >= 0.3 is 5.97 Å². The first-order chi connectivity index (χ1) is 9.86. The highest BCUT2D eigenvalue weighted by molar-refractivity contribution is 5.96. The Labute approximate surface area is 122 Å². The molecule has 1 aromatic heterocycles. The predicted octanol–water partition coefficient (Wildman–Crippen LogP) is 1.26. The number of nitrogens with zero attached hydrogens (tertiary/aromatic N) is 1. The van der Waals surface area contributed by atoms with Crippen LogP contribution in [-0.4, -0.2) is 39.5 Å². The van der Waals surface area contributed by atoms with Gasteiger partial charge in [0.25, 0.3) is 5.91 Å². The molecule has 6 nitrogen and oxygen atoms in total. The fraction of sp³-hybridized carbons (Fsp3) is 0.533. The summed E-state index contributed by atoms with van der Waals surface area (Å²) in [6.07, 6.45) is 2.31. The third kappa shape index (κ3) is 4.18. The largest absolute Gasteiger partial charge is 0.480 e. The lowest BCUT2D eigenvalue weighted by molar-refractivity contribution is -0.137. The highest BCUT2D eigenvalue weighted by atomic mass is 16.4. The van der Waals surface area contributed by atoms with E-state index in [0.29, 0.717) is 18.0 Å². The maximum absolute atomic E-state index is 12.5. The van der Waals surface area contributed by atoms with Crippen LogP contribution in [0.25, 0.3) is 0 Å². The van der Waals surface area contributed by atoms with Crippen LogP contribution in [0.1, 0.15) is 42.7 Å². The Morgan fingerprint density at radius 3 is 2.57 bits per heavy atom. The number of carbonyl (C=O) groups excluding carboxylic acids is 1. The van der Waals surface area contributed by atoms with E-state index >= 15 is 0 Å². The molecule has 1 amide bonds. The lowest BCUT2D eigenvalue weighted by Gasteiger charge is -2.20. The number of aromatic nitrogens is 1. The summed E-state index contributed by atoms with van der Waals surface area (Å²) in [5.74, 6) is -1.07. The van der Waals surface area contributed by atoms with Crippen LogP contribution in [0.2, 0.25) is 0 Å². The Morgan fingerprint density at radius 2 is 2.05 bits per heavy atom. The molecule has 0 aliphatic heterocycles. The van der Waals surface area contributed by atoms with E-state index in [-0.39, 0.29) is 29.6 Å². The smallest absolute Gasteiger partial charge is 0.323 e. The zero-order valence-electron chi connectivity index (χ0n) is 12.3. The third-order valence-electron chi connectivity index (χ3n) is 3.33. The first-order valence-electron chi connectivity index (χ1n) is 7.13. The molecule has 0 aromatic carbocycles. The van der Waals surface area contributed by atoms with Gasteiger partial charge in [-0.25, -0.2) is 0 Å². The Morgan fingerprint density at radius 1 is 1.38 bits per heavy atom. The summed E-state index contributed by atoms with van der Waals surface area (Å²) in [6.45, 7) is 3.72. The molecule has 1 aliphatic rings. The zero-order chi connectivity index (χ0) is 15.6. The van der Waals surface area contributed by atoms with Gasteiger partial charge in [0.15, 0.2) is 0 Å². The molecule has 1 saturated carbocycles. The van der Waals surface area contributed by atoms with Crippen molar-refractivity contribution < 1.29 is 14.7 Å². The van der Waals surface area contributed by atoms with Gasteiger partial charge in [0.2, 0.25) is 5.56 Å². The van der Waals surface area contributed by atoms with Crippen LogP contribution >= 0.6 is 0 Å². The van der Waals surface area contributed by atoms with Crippen LogP contribution in [0.4, 0.5) is 0 Å². The summed E-state index contributed by atoms with van der Waals surface area (Å²) in [4.78, 5) is 39.1. The second kappa shape index (κ2) is 6.11. The minimum Gasteiger partial charge on any atom is -0.480 e. The Bertz CT molecular complexity index is 602. The number of rotatable bonds is 6. The first-order valence-corrected chi connectivity index (χ1v) is 7.13. The molecular weight excluding hydrogens is 272 g/mol. The van der Waals surface area contributed by atoms with E-state index in [1.807, 2.05) is 13.8 Å². The van der Waals surface area contributed by atoms with Crippen LogP contribution in [0.5, 0.6) is 0 Å². The van der Waals surface area contributed by atoms with Gasteiger partial charge in [-0.3, -0.25) is 14.4 Å². The molecule has 0 spiro atoms. The van der Waals surface area contributed by atoms with Crippen molar-refractivity contribution in [3.63, 3.8) is 0 Å². The Kier molecular flexibility index (Phi) is 4.45. The fourth-order valence-electron chi connectivity index (χ4n) is 2.34. The average Bonchev–Trinajstić information content (AvgIpc) is 3.17. The second-order valence-electron chi connectivity index (χ2n) is 5.91. The summed E-state index contributed by atoms with van der Waals surface area (Å²) >= 11 is 0. The quantitative estimate of drug-likeness (QED) is 0.826. The second-order valence-corrected chi connectivity index (χ2v) is 5.91. The van der Waals surface area contributed by atoms with E-state index in [4.69, 9.17) is 5.11 Å². The number of aromatic amines is 1. The van der Waals surface area contributed by atoms with Crippen molar-refractivity contribution in [2.24, 2.45) is 5.92 Å². The third-order valence-corrected chi connectivity index (χ3v) is 3.33.